The first kappa shape index (κ1) is 16.5. The fourth-order valence-electron chi connectivity index (χ4n) is 2.65. The van der Waals surface area contributed by atoms with Gasteiger partial charge in [0, 0.05) is 17.1 Å². The predicted octanol–water partition coefficient (Wildman–Crippen LogP) is 2.63. The van der Waals surface area contributed by atoms with Gasteiger partial charge in [0.15, 0.2) is 0 Å². The molecule has 1 aromatic carbocycles. The molecular formula is C14H18BrNO4S. The van der Waals surface area contributed by atoms with Crippen LogP contribution in [0.15, 0.2) is 27.6 Å². The van der Waals surface area contributed by atoms with Crippen LogP contribution in [0, 0.1) is 12.8 Å². The Morgan fingerprint density at radius 1 is 1.43 bits per heavy atom. The van der Waals surface area contributed by atoms with Gasteiger partial charge in [-0.15, -0.1) is 0 Å². The zero-order valence-corrected chi connectivity index (χ0v) is 14.3. The first-order valence-electron chi connectivity index (χ1n) is 6.74. The smallest absolute Gasteiger partial charge is 0.306 e. The number of hydrogen-bond acceptors (Lipinski definition) is 3. The van der Waals surface area contributed by atoms with Crippen molar-refractivity contribution in [3.63, 3.8) is 0 Å². The molecule has 1 fully saturated rings. The van der Waals surface area contributed by atoms with Crippen molar-refractivity contribution in [2.75, 3.05) is 6.54 Å². The van der Waals surface area contributed by atoms with E-state index >= 15 is 0 Å². The van der Waals surface area contributed by atoms with Gasteiger partial charge in [-0.2, -0.15) is 4.31 Å². The van der Waals surface area contributed by atoms with Crippen LogP contribution in [0.3, 0.4) is 0 Å². The quantitative estimate of drug-likeness (QED) is 0.880. The van der Waals surface area contributed by atoms with Crippen LogP contribution in [0.25, 0.3) is 0 Å². The Hall–Kier alpha value is -0.920. The summed E-state index contributed by atoms with van der Waals surface area (Å²) < 4.78 is 27.7. The van der Waals surface area contributed by atoms with Crippen molar-refractivity contribution < 1.29 is 18.3 Å². The van der Waals surface area contributed by atoms with Gasteiger partial charge in [0.1, 0.15) is 0 Å². The molecule has 1 aliphatic heterocycles. The Labute approximate surface area is 133 Å². The highest BCUT2D eigenvalue weighted by Gasteiger charge is 2.36. The van der Waals surface area contributed by atoms with Crippen LogP contribution in [0.1, 0.15) is 25.3 Å². The number of aryl methyl sites for hydroxylation is 1. The molecule has 1 saturated heterocycles. The average Bonchev–Trinajstić information content (AvgIpc) is 2.41. The van der Waals surface area contributed by atoms with E-state index in [1.54, 1.807) is 25.1 Å². The largest absolute Gasteiger partial charge is 0.481 e. The number of carboxylic acids is 1. The fraction of sp³-hybridized carbons (Fsp3) is 0.500. The van der Waals surface area contributed by atoms with Crippen molar-refractivity contribution in [3.05, 3.63) is 28.2 Å². The van der Waals surface area contributed by atoms with Crippen LogP contribution in [-0.2, 0) is 14.8 Å². The van der Waals surface area contributed by atoms with E-state index in [1.807, 2.05) is 6.92 Å². The predicted molar refractivity (Wildman–Crippen MR) is 82.6 cm³/mol. The molecule has 5 nitrogen and oxygen atoms in total. The van der Waals surface area contributed by atoms with E-state index in [0.29, 0.717) is 12.8 Å². The lowest BCUT2D eigenvalue weighted by Crippen LogP contribution is -2.45. The SMILES string of the molecule is Cc1cc(S(=O)(=O)N2CCC(C(=O)O)CC2C)ccc1Br. The maximum atomic E-state index is 12.7. The first-order chi connectivity index (χ1) is 9.73. The van der Waals surface area contributed by atoms with Crippen molar-refractivity contribution in [1.29, 1.82) is 0 Å². The Balaban J connectivity index is 2.28. The Morgan fingerprint density at radius 2 is 2.10 bits per heavy atom. The molecule has 0 aliphatic carbocycles. The molecule has 2 rings (SSSR count). The molecule has 1 aliphatic rings. The third kappa shape index (κ3) is 3.30. The van der Waals surface area contributed by atoms with E-state index < -0.39 is 21.9 Å². The van der Waals surface area contributed by atoms with E-state index in [2.05, 4.69) is 15.9 Å². The molecule has 0 radical (unpaired) electrons. The zero-order valence-electron chi connectivity index (χ0n) is 11.9. The Morgan fingerprint density at radius 3 is 2.62 bits per heavy atom. The number of rotatable bonds is 3. The second-order valence-corrected chi connectivity index (χ2v) is 8.18. The summed E-state index contributed by atoms with van der Waals surface area (Å²) in [4.78, 5) is 11.3. The van der Waals surface area contributed by atoms with Crippen LogP contribution in [0.5, 0.6) is 0 Å². The number of nitrogens with zero attached hydrogens (tertiary/aromatic N) is 1. The Bertz CT molecular complexity index is 659. The van der Waals surface area contributed by atoms with Crippen LogP contribution < -0.4 is 0 Å². The number of carboxylic acid groups (broad SMARTS) is 1. The minimum Gasteiger partial charge on any atom is -0.481 e. The summed E-state index contributed by atoms with van der Waals surface area (Å²) in [6.07, 6.45) is 0.707. The van der Waals surface area contributed by atoms with E-state index in [1.165, 1.54) is 4.31 Å². The van der Waals surface area contributed by atoms with Crippen LogP contribution in [0.4, 0.5) is 0 Å². The maximum absolute atomic E-state index is 12.7. The third-order valence-corrected chi connectivity index (χ3v) is 6.80. The number of sulfonamides is 1. The lowest BCUT2D eigenvalue weighted by Gasteiger charge is -2.35. The fourth-order valence-corrected chi connectivity index (χ4v) is 4.63. The lowest BCUT2D eigenvalue weighted by atomic mass is 9.93. The van der Waals surface area contributed by atoms with Gasteiger partial charge in [-0.1, -0.05) is 15.9 Å². The summed E-state index contributed by atoms with van der Waals surface area (Å²) >= 11 is 3.35. The molecule has 0 amide bonds. The molecule has 21 heavy (non-hydrogen) atoms. The van der Waals surface area contributed by atoms with Crippen molar-refractivity contribution in [2.45, 2.75) is 37.6 Å². The monoisotopic (exact) mass is 375 g/mol. The zero-order chi connectivity index (χ0) is 15.8. The van der Waals surface area contributed by atoms with Crippen molar-refractivity contribution in [2.24, 2.45) is 5.92 Å². The van der Waals surface area contributed by atoms with E-state index in [0.717, 1.165) is 10.0 Å². The molecule has 1 heterocycles. The molecule has 0 spiro atoms. The second kappa shape index (κ2) is 6.06. The van der Waals surface area contributed by atoms with Gasteiger partial charge >= 0.3 is 5.97 Å². The summed E-state index contributed by atoms with van der Waals surface area (Å²) in [6.45, 7) is 3.84. The summed E-state index contributed by atoms with van der Waals surface area (Å²) in [5, 5.41) is 9.06. The minimum atomic E-state index is -3.58. The average molecular weight is 376 g/mol. The third-order valence-electron chi connectivity index (χ3n) is 3.90. The standard InChI is InChI=1S/C14H18BrNO4S/c1-9-7-12(3-4-13(9)15)21(19,20)16-6-5-11(14(17)18)8-10(16)2/h3-4,7,10-11H,5-6,8H2,1-2H3,(H,17,18). The molecule has 1 N–H and O–H groups in total. The summed E-state index contributed by atoms with van der Waals surface area (Å²) in [6, 6.07) is 4.61. The lowest BCUT2D eigenvalue weighted by molar-refractivity contribution is -0.143. The van der Waals surface area contributed by atoms with Gasteiger partial charge in [0.2, 0.25) is 10.0 Å². The van der Waals surface area contributed by atoms with Crippen LogP contribution >= 0.6 is 15.9 Å². The first-order valence-corrected chi connectivity index (χ1v) is 8.97. The minimum absolute atomic E-state index is 0.246. The second-order valence-electron chi connectivity index (χ2n) is 5.44. The Kier molecular flexibility index (Phi) is 4.75. The topological polar surface area (TPSA) is 74.7 Å². The van der Waals surface area contributed by atoms with Crippen molar-refractivity contribution in [1.82, 2.24) is 4.31 Å². The van der Waals surface area contributed by atoms with Gasteiger partial charge in [-0.05, 0) is 50.5 Å². The number of hydrogen-bond donors (Lipinski definition) is 1. The van der Waals surface area contributed by atoms with Gasteiger partial charge in [0.25, 0.3) is 0 Å². The number of carbonyl (C=O) groups is 1. The molecular weight excluding hydrogens is 358 g/mol. The number of benzene rings is 1. The summed E-state index contributed by atoms with van der Waals surface area (Å²) in [5.74, 6) is -1.31. The maximum Gasteiger partial charge on any atom is 0.306 e. The molecule has 2 unspecified atom stereocenters. The summed E-state index contributed by atoms with van der Waals surface area (Å²) in [5.41, 5.74) is 0.851. The molecule has 0 aromatic heterocycles. The molecule has 1 aromatic rings. The molecule has 0 saturated carbocycles. The van der Waals surface area contributed by atoms with E-state index in [4.69, 9.17) is 5.11 Å². The number of aliphatic carboxylic acids is 1. The van der Waals surface area contributed by atoms with Crippen molar-refractivity contribution in [3.8, 4) is 0 Å². The highest BCUT2D eigenvalue weighted by molar-refractivity contribution is 9.10. The normalized spacial score (nSPS) is 24.0. The number of piperidine rings is 1. The summed E-state index contributed by atoms with van der Waals surface area (Å²) in [7, 11) is -3.58. The van der Waals surface area contributed by atoms with Crippen LogP contribution in [-0.4, -0.2) is 36.4 Å². The van der Waals surface area contributed by atoms with E-state index in [-0.39, 0.29) is 17.5 Å². The molecule has 7 heteroatoms. The van der Waals surface area contributed by atoms with Crippen molar-refractivity contribution >= 4 is 31.9 Å². The highest BCUT2D eigenvalue weighted by Crippen LogP contribution is 2.30. The molecule has 116 valence electrons. The van der Waals surface area contributed by atoms with Crippen LogP contribution in [0.2, 0.25) is 0 Å². The highest BCUT2D eigenvalue weighted by atomic mass is 79.9. The van der Waals surface area contributed by atoms with Gasteiger partial charge in [-0.3, -0.25) is 4.79 Å². The van der Waals surface area contributed by atoms with Gasteiger partial charge in [0.05, 0.1) is 10.8 Å². The molecule has 0 bridgehead atoms. The van der Waals surface area contributed by atoms with Gasteiger partial charge < -0.3 is 5.11 Å². The van der Waals surface area contributed by atoms with E-state index in [9.17, 15) is 13.2 Å². The molecule has 2 atom stereocenters. The van der Waals surface area contributed by atoms with Gasteiger partial charge in [-0.25, -0.2) is 8.42 Å². The number of halogens is 1.